The number of nitrogens with one attached hydrogen (secondary N) is 1. The Balaban J connectivity index is 1.83. The average Bonchev–Trinajstić information content (AvgIpc) is 2.93. The summed E-state index contributed by atoms with van der Waals surface area (Å²) >= 11 is 0. The minimum absolute atomic E-state index is 0.0923. The second-order valence-electron chi connectivity index (χ2n) is 5.43. The van der Waals surface area contributed by atoms with E-state index in [1.165, 1.54) is 0 Å². The van der Waals surface area contributed by atoms with Crippen molar-refractivity contribution in [3.63, 3.8) is 0 Å². The number of aromatic nitrogens is 2. The summed E-state index contributed by atoms with van der Waals surface area (Å²) < 4.78 is 1.74. The first-order chi connectivity index (χ1) is 9.00. The highest BCUT2D eigenvalue weighted by molar-refractivity contribution is 5.79. The van der Waals surface area contributed by atoms with Crippen LogP contribution in [0.15, 0.2) is 18.7 Å². The Morgan fingerprint density at radius 2 is 2.21 bits per heavy atom. The van der Waals surface area contributed by atoms with E-state index >= 15 is 0 Å². The lowest BCUT2D eigenvalue weighted by Gasteiger charge is -2.36. The molecule has 2 rings (SSSR count). The highest BCUT2D eigenvalue weighted by Crippen LogP contribution is 2.20. The Hall–Kier alpha value is -1.40. The molecule has 1 atom stereocenters. The van der Waals surface area contributed by atoms with Gasteiger partial charge in [-0.2, -0.15) is 0 Å². The number of imidazole rings is 1. The van der Waals surface area contributed by atoms with Crippen LogP contribution in [0.3, 0.4) is 0 Å². The quantitative estimate of drug-likeness (QED) is 0.806. The summed E-state index contributed by atoms with van der Waals surface area (Å²) in [5, 5.41) is 13.2. The molecule has 0 bridgehead atoms. The van der Waals surface area contributed by atoms with Crippen molar-refractivity contribution in [1.82, 2.24) is 19.8 Å². The van der Waals surface area contributed by atoms with Crippen LogP contribution in [-0.4, -0.2) is 57.7 Å². The molecule has 2 heterocycles. The van der Waals surface area contributed by atoms with Gasteiger partial charge in [-0.3, -0.25) is 4.79 Å². The van der Waals surface area contributed by atoms with Gasteiger partial charge in [-0.25, -0.2) is 4.98 Å². The second-order valence-corrected chi connectivity index (χ2v) is 5.43. The van der Waals surface area contributed by atoms with Crippen LogP contribution in [0.5, 0.6) is 0 Å². The molecular weight excluding hydrogens is 244 g/mol. The Bertz CT molecular complexity index is 410. The third-order valence-corrected chi connectivity index (χ3v) is 3.86. The van der Waals surface area contributed by atoms with Gasteiger partial charge in [-0.05, 0) is 26.8 Å². The second kappa shape index (κ2) is 5.71. The van der Waals surface area contributed by atoms with Crippen molar-refractivity contribution in [3.05, 3.63) is 18.7 Å². The van der Waals surface area contributed by atoms with Crippen molar-refractivity contribution in [3.8, 4) is 0 Å². The molecule has 106 valence electrons. The lowest BCUT2D eigenvalue weighted by atomic mass is 9.91. The molecule has 6 heteroatoms. The minimum atomic E-state index is -0.767. The van der Waals surface area contributed by atoms with E-state index in [-0.39, 0.29) is 11.9 Å². The Kier molecular flexibility index (Phi) is 4.21. The van der Waals surface area contributed by atoms with Gasteiger partial charge in [0, 0.05) is 32.0 Å². The van der Waals surface area contributed by atoms with Gasteiger partial charge in [0.25, 0.3) is 0 Å². The van der Waals surface area contributed by atoms with E-state index in [4.69, 9.17) is 0 Å². The lowest BCUT2D eigenvalue weighted by Crippen LogP contribution is -2.50. The summed E-state index contributed by atoms with van der Waals surface area (Å²) in [6.45, 7) is 3.86. The zero-order valence-electron chi connectivity index (χ0n) is 11.5. The third kappa shape index (κ3) is 3.54. The summed E-state index contributed by atoms with van der Waals surface area (Å²) in [7, 11) is 2.04. The van der Waals surface area contributed by atoms with Gasteiger partial charge in [-0.15, -0.1) is 0 Å². The topological polar surface area (TPSA) is 70.4 Å². The van der Waals surface area contributed by atoms with Crippen LogP contribution < -0.4 is 5.32 Å². The number of nitrogens with zero attached hydrogens (tertiary/aromatic N) is 3. The zero-order valence-corrected chi connectivity index (χ0v) is 11.5. The predicted octanol–water partition coefficient (Wildman–Crippen LogP) is 0.0170. The Morgan fingerprint density at radius 3 is 2.79 bits per heavy atom. The van der Waals surface area contributed by atoms with Gasteiger partial charge >= 0.3 is 0 Å². The molecule has 0 unspecified atom stereocenters. The SMILES string of the molecule is C[C@@H](C(=O)NCC1(O)CCN(C)CC1)n1ccnc1. The number of hydrogen-bond donors (Lipinski definition) is 2. The average molecular weight is 266 g/mol. The molecule has 0 aromatic carbocycles. The van der Waals surface area contributed by atoms with Crippen LogP contribution in [-0.2, 0) is 4.79 Å². The number of carbonyl (C=O) groups is 1. The van der Waals surface area contributed by atoms with Crippen molar-refractivity contribution in [1.29, 1.82) is 0 Å². The molecule has 0 spiro atoms. The van der Waals surface area contributed by atoms with Crippen LogP contribution in [0.1, 0.15) is 25.8 Å². The van der Waals surface area contributed by atoms with Crippen LogP contribution >= 0.6 is 0 Å². The van der Waals surface area contributed by atoms with Gasteiger partial charge in [0.15, 0.2) is 0 Å². The summed E-state index contributed by atoms with van der Waals surface area (Å²) in [5.74, 6) is -0.0923. The number of piperidine rings is 1. The Morgan fingerprint density at radius 1 is 1.53 bits per heavy atom. The molecule has 1 aromatic heterocycles. The minimum Gasteiger partial charge on any atom is -0.388 e. The maximum atomic E-state index is 12.0. The van der Waals surface area contributed by atoms with E-state index in [1.807, 2.05) is 14.0 Å². The molecule has 1 fully saturated rings. The van der Waals surface area contributed by atoms with Crippen molar-refractivity contribution in [2.24, 2.45) is 0 Å². The molecule has 6 nitrogen and oxygen atoms in total. The number of likely N-dealkylation sites (tertiary alicyclic amines) is 1. The number of hydrogen-bond acceptors (Lipinski definition) is 4. The first-order valence-electron chi connectivity index (χ1n) is 6.66. The van der Waals surface area contributed by atoms with Gasteiger partial charge in [0.05, 0.1) is 11.9 Å². The van der Waals surface area contributed by atoms with Crippen molar-refractivity contribution in [2.75, 3.05) is 26.7 Å². The number of amides is 1. The van der Waals surface area contributed by atoms with Gasteiger partial charge < -0.3 is 19.9 Å². The molecule has 0 aliphatic carbocycles. The van der Waals surface area contributed by atoms with Gasteiger partial charge in [0.1, 0.15) is 6.04 Å². The van der Waals surface area contributed by atoms with Crippen LogP contribution in [0.25, 0.3) is 0 Å². The zero-order chi connectivity index (χ0) is 13.9. The summed E-state index contributed by atoms with van der Waals surface area (Å²) in [6, 6.07) is -0.308. The summed E-state index contributed by atoms with van der Waals surface area (Å²) in [5.41, 5.74) is -0.767. The summed E-state index contributed by atoms with van der Waals surface area (Å²) in [6.07, 6.45) is 6.42. The van der Waals surface area contributed by atoms with Crippen LogP contribution in [0.4, 0.5) is 0 Å². The molecule has 2 N–H and O–H groups in total. The molecule has 0 radical (unpaired) electrons. The predicted molar refractivity (Wildman–Crippen MR) is 71.6 cm³/mol. The number of rotatable bonds is 4. The number of aliphatic hydroxyl groups is 1. The monoisotopic (exact) mass is 266 g/mol. The van der Waals surface area contributed by atoms with E-state index in [2.05, 4.69) is 15.2 Å². The Labute approximate surface area is 113 Å². The van der Waals surface area contributed by atoms with Crippen molar-refractivity contribution >= 4 is 5.91 Å². The lowest BCUT2D eigenvalue weighted by molar-refractivity contribution is -0.125. The summed E-state index contributed by atoms with van der Waals surface area (Å²) in [4.78, 5) is 18.1. The maximum absolute atomic E-state index is 12.0. The van der Waals surface area contributed by atoms with Crippen LogP contribution in [0.2, 0.25) is 0 Å². The molecule has 1 aliphatic rings. The third-order valence-electron chi connectivity index (χ3n) is 3.86. The van der Waals surface area contributed by atoms with Crippen LogP contribution in [0, 0.1) is 0 Å². The van der Waals surface area contributed by atoms with E-state index in [1.54, 1.807) is 23.3 Å². The van der Waals surface area contributed by atoms with Crippen molar-refractivity contribution < 1.29 is 9.90 Å². The highest BCUT2D eigenvalue weighted by Gasteiger charge is 2.31. The van der Waals surface area contributed by atoms with Gasteiger partial charge in [-0.1, -0.05) is 0 Å². The first-order valence-corrected chi connectivity index (χ1v) is 6.66. The maximum Gasteiger partial charge on any atom is 0.242 e. The highest BCUT2D eigenvalue weighted by atomic mass is 16.3. The molecule has 1 aliphatic heterocycles. The van der Waals surface area contributed by atoms with E-state index in [0.29, 0.717) is 19.4 Å². The molecule has 19 heavy (non-hydrogen) atoms. The molecule has 0 saturated carbocycles. The largest absolute Gasteiger partial charge is 0.388 e. The fourth-order valence-electron chi connectivity index (χ4n) is 2.24. The normalized spacial score (nSPS) is 21.0. The first kappa shape index (κ1) is 14.0. The molecule has 1 amide bonds. The standard InChI is InChI=1S/C13H22N4O2/c1-11(17-8-5-14-10-17)12(18)15-9-13(19)3-6-16(2)7-4-13/h5,8,10-11,19H,3-4,6-7,9H2,1-2H3,(H,15,18)/t11-/m0/s1. The molecular formula is C13H22N4O2. The molecule has 1 aromatic rings. The van der Waals surface area contributed by atoms with Gasteiger partial charge in [0.2, 0.25) is 5.91 Å². The molecule has 1 saturated heterocycles. The smallest absolute Gasteiger partial charge is 0.242 e. The van der Waals surface area contributed by atoms with E-state index in [9.17, 15) is 9.90 Å². The number of carbonyl (C=O) groups excluding carboxylic acids is 1. The fourth-order valence-corrected chi connectivity index (χ4v) is 2.24. The van der Waals surface area contributed by atoms with E-state index < -0.39 is 5.60 Å². The van der Waals surface area contributed by atoms with E-state index in [0.717, 1.165) is 13.1 Å². The van der Waals surface area contributed by atoms with Crippen molar-refractivity contribution in [2.45, 2.75) is 31.4 Å². The fraction of sp³-hybridized carbons (Fsp3) is 0.692.